The average molecular weight is 1150 g/mol. The molecule has 2 unspecified atom stereocenters. The molecule has 6 nitrogen and oxygen atoms in total. The molecule has 0 heterocycles. The summed E-state index contributed by atoms with van der Waals surface area (Å²) in [6.45, 7) is 4.98. The molecule has 3 N–H and O–H groups in total. The first kappa shape index (κ1) is 80.1. The van der Waals surface area contributed by atoms with E-state index in [0.29, 0.717) is 25.9 Å². The minimum atomic E-state index is -0.663. The maximum Gasteiger partial charge on any atom is 0.305 e. The number of amides is 1. The summed E-state index contributed by atoms with van der Waals surface area (Å²) in [6, 6.07) is -0.540. The van der Waals surface area contributed by atoms with Crippen LogP contribution < -0.4 is 5.32 Å². The molecule has 0 aromatic heterocycles. The highest BCUT2D eigenvalue weighted by Gasteiger charge is 2.20. The van der Waals surface area contributed by atoms with Crippen molar-refractivity contribution in [1.82, 2.24) is 5.32 Å². The minimum Gasteiger partial charge on any atom is -0.466 e. The van der Waals surface area contributed by atoms with Crippen LogP contribution in [0.4, 0.5) is 0 Å². The number of esters is 1. The number of aliphatic hydroxyl groups excluding tert-OH is 2. The second kappa shape index (κ2) is 71.6. The van der Waals surface area contributed by atoms with Crippen molar-refractivity contribution in [2.75, 3.05) is 13.2 Å². The number of aliphatic hydroxyl groups is 2. The number of hydrogen-bond donors (Lipinski definition) is 3. The zero-order valence-electron chi connectivity index (χ0n) is 55.5. The normalized spacial score (nSPS) is 12.7. The Morgan fingerprint density at radius 2 is 0.610 bits per heavy atom. The zero-order chi connectivity index (χ0) is 59.2. The van der Waals surface area contributed by atoms with E-state index in [2.05, 4.69) is 55.6 Å². The Morgan fingerprint density at radius 3 is 0.939 bits per heavy atom. The summed E-state index contributed by atoms with van der Waals surface area (Å²) in [6.07, 6.45) is 92.1. The van der Waals surface area contributed by atoms with E-state index in [1.165, 1.54) is 327 Å². The maximum absolute atomic E-state index is 12.5. The van der Waals surface area contributed by atoms with Crippen molar-refractivity contribution in [1.29, 1.82) is 0 Å². The lowest BCUT2D eigenvalue weighted by molar-refractivity contribution is -0.143. The van der Waals surface area contributed by atoms with E-state index in [1.807, 2.05) is 0 Å². The number of allylic oxidation sites excluding steroid dienone is 6. The van der Waals surface area contributed by atoms with Crippen molar-refractivity contribution in [3.05, 3.63) is 36.5 Å². The van der Waals surface area contributed by atoms with E-state index in [9.17, 15) is 19.8 Å². The largest absolute Gasteiger partial charge is 0.466 e. The zero-order valence-corrected chi connectivity index (χ0v) is 55.5. The summed E-state index contributed by atoms with van der Waals surface area (Å²) in [4.78, 5) is 24.6. The van der Waals surface area contributed by atoms with E-state index >= 15 is 0 Å². The van der Waals surface area contributed by atoms with Gasteiger partial charge in [-0.3, -0.25) is 9.59 Å². The lowest BCUT2D eigenvalue weighted by Crippen LogP contribution is -2.45. The van der Waals surface area contributed by atoms with Gasteiger partial charge in [0.05, 0.1) is 25.4 Å². The third kappa shape index (κ3) is 67.2. The molecule has 0 fully saturated rings. The molecule has 0 bridgehead atoms. The van der Waals surface area contributed by atoms with E-state index in [1.54, 1.807) is 0 Å². The number of carbonyl (C=O) groups is 2. The van der Waals surface area contributed by atoms with Gasteiger partial charge in [0.2, 0.25) is 5.91 Å². The lowest BCUT2D eigenvalue weighted by atomic mass is 10.0. The fourth-order valence-corrected chi connectivity index (χ4v) is 11.7. The van der Waals surface area contributed by atoms with Crippen LogP contribution in [-0.4, -0.2) is 47.4 Å². The van der Waals surface area contributed by atoms with E-state index in [4.69, 9.17) is 4.74 Å². The molecular weight excluding hydrogens is 1010 g/mol. The van der Waals surface area contributed by atoms with Gasteiger partial charge in [0.25, 0.3) is 0 Å². The van der Waals surface area contributed by atoms with Crippen LogP contribution in [0, 0.1) is 0 Å². The Balaban J connectivity index is 3.38. The molecule has 0 spiro atoms. The summed E-state index contributed by atoms with van der Waals surface area (Å²) < 4.78 is 5.49. The first-order valence-corrected chi connectivity index (χ1v) is 37.2. The Morgan fingerprint density at radius 1 is 0.341 bits per heavy atom. The highest BCUT2D eigenvalue weighted by molar-refractivity contribution is 5.76. The van der Waals surface area contributed by atoms with Gasteiger partial charge in [0, 0.05) is 12.8 Å². The van der Waals surface area contributed by atoms with Crippen LogP contribution in [0.15, 0.2) is 36.5 Å². The molecular formula is C76H145NO5. The minimum absolute atomic E-state index is 0.00676. The number of hydrogen-bond acceptors (Lipinski definition) is 5. The third-order valence-corrected chi connectivity index (χ3v) is 17.4. The molecule has 484 valence electrons. The third-order valence-electron chi connectivity index (χ3n) is 17.4. The number of carbonyl (C=O) groups excluding carboxylic acids is 2. The molecule has 0 radical (unpaired) electrons. The predicted octanol–water partition coefficient (Wildman–Crippen LogP) is 24.3. The van der Waals surface area contributed by atoms with Crippen LogP contribution in [-0.2, 0) is 14.3 Å². The van der Waals surface area contributed by atoms with E-state index < -0.39 is 12.1 Å². The molecule has 6 heteroatoms. The first-order chi connectivity index (χ1) is 40.5. The maximum atomic E-state index is 12.5. The summed E-state index contributed by atoms with van der Waals surface area (Å²) in [5.41, 5.74) is 0. The predicted molar refractivity (Wildman–Crippen MR) is 361 cm³/mol. The summed E-state index contributed by atoms with van der Waals surface area (Å²) in [5.74, 6) is -0.0228. The molecule has 0 saturated carbocycles. The van der Waals surface area contributed by atoms with Crippen molar-refractivity contribution in [2.45, 2.75) is 424 Å². The molecule has 0 aliphatic carbocycles. The van der Waals surface area contributed by atoms with Crippen LogP contribution in [0.5, 0.6) is 0 Å². The van der Waals surface area contributed by atoms with Crippen molar-refractivity contribution in [3.8, 4) is 0 Å². The summed E-state index contributed by atoms with van der Waals surface area (Å²) in [5, 5.41) is 23.4. The fourth-order valence-electron chi connectivity index (χ4n) is 11.7. The van der Waals surface area contributed by atoms with Crippen LogP contribution in [0.25, 0.3) is 0 Å². The molecule has 1 amide bonds. The van der Waals surface area contributed by atoms with E-state index in [-0.39, 0.29) is 18.5 Å². The Kier molecular flexibility index (Phi) is 69.9. The fraction of sp³-hybridized carbons (Fsp3) is 0.895. The molecule has 0 saturated heterocycles. The van der Waals surface area contributed by atoms with Gasteiger partial charge in [0.15, 0.2) is 0 Å². The molecule has 0 aliphatic rings. The first-order valence-electron chi connectivity index (χ1n) is 37.2. The molecule has 0 rings (SSSR count). The standard InChI is InChI=1S/C76H145NO5/c1-3-5-7-9-11-13-15-17-19-37-41-44-48-52-56-60-64-68-74(79)73(72-78)77-75(80)69-65-61-57-53-49-45-42-38-35-33-31-29-27-25-23-21-20-22-24-26-28-30-32-34-36-39-43-47-51-55-59-63-67-71-82-76(81)70-66-62-58-54-50-46-40-18-16-14-12-10-8-6-4-2/h18,24,26,30,32,40,73-74,78-79H,3-17,19-23,25,27-29,31,33-39,41-72H2,1-2H3,(H,77,80)/b26-24-,32-30-,40-18-. The Hall–Kier alpha value is -1.92. The van der Waals surface area contributed by atoms with Crippen molar-refractivity contribution in [2.24, 2.45) is 0 Å². The lowest BCUT2D eigenvalue weighted by Gasteiger charge is -2.22. The van der Waals surface area contributed by atoms with E-state index in [0.717, 1.165) is 51.4 Å². The van der Waals surface area contributed by atoms with Gasteiger partial charge in [-0.1, -0.05) is 352 Å². The smallest absolute Gasteiger partial charge is 0.305 e. The van der Waals surface area contributed by atoms with Crippen LogP contribution >= 0.6 is 0 Å². The molecule has 2 atom stereocenters. The topological polar surface area (TPSA) is 95.9 Å². The second-order valence-corrected chi connectivity index (χ2v) is 25.6. The van der Waals surface area contributed by atoms with Crippen LogP contribution in [0.3, 0.4) is 0 Å². The highest BCUT2D eigenvalue weighted by atomic mass is 16.5. The van der Waals surface area contributed by atoms with Gasteiger partial charge in [-0.2, -0.15) is 0 Å². The molecule has 0 aromatic rings. The molecule has 0 aliphatic heterocycles. The quantitative estimate of drug-likeness (QED) is 0.0320. The molecule has 82 heavy (non-hydrogen) atoms. The Labute approximate surface area is 513 Å². The average Bonchev–Trinajstić information content (AvgIpc) is 3.48. The molecule has 0 aromatic carbocycles. The number of unbranched alkanes of at least 4 members (excludes halogenated alkanes) is 53. The van der Waals surface area contributed by atoms with Crippen molar-refractivity contribution < 1.29 is 24.5 Å². The van der Waals surface area contributed by atoms with Gasteiger partial charge < -0.3 is 20.3 Å². The summed E-state index contributed by atoms with van der Waals surface area (Å²) >= 11 is 0. The Bertz CT molecular complexity index is 1330. The second-order valence-electron chi connectivity index (χ2n) is 25.6. The van der Waals surface area contributed by atoms with Crippen molar-refractivity contribution >= 4 is 11.9 Å². The van der Waals surface area contributed by atoms with Crippen molar-refractivity contribution in [3.63, 3.8) is 0 Å². The number of rotatable bonds is 70. The SMILES string of the molecule is CCCCCCCC/C=C\CCCCCCCC(=O)OCCCCCCCCCCC/C=C\C/C=C\CCCCCCCCCCCCCCCCCCCC(=O)NC(CO)C(O)CCCCCCCCCCCCCCCCCCC. The summed E-state index contributed by atoms with van der Waals surface area (Å²) in [7, 11) is 0. The monoisotopic (exact) mass is 1150 g/mol. The van der Waals surface area contributed by atoms with Gasteiger partial charge in [-0.15, -0.1) is 0 Å². The number of nitrogens with one attached hydrogen (secondary N) is 1. The van der Waals surface area contributed by atoms with Gasteiger partial charge in [-0.25, -0.2) is 0 Å². The van der Waals surface area contributed by atoms with Gasteiger partial charge >= 0.3 is 5.97 Å². The van der Waals surface area contributed by atoms with Crippen LogP contribution in [0.2, 0.25) is 0 Å². The van der Waals surface area contributed by atoms with Crippen LogP contribution in [0.1, 0.15) is 412 Å². The van der Waals surface area contributed by atoms with Gasteiger partial charge in [-0.05, 0) is 83.5 Å². The van der Waals surface area contributed by atoms with Gasteiger partial charge in [0.1, 0.15) is 0 Å². The highest BCUT2D eigenvalue weighted by Crippen LogP contribution is 2.19. The number of ether oxygens (including phenoxy) is 1.